The molecule has 0 aliphatic heterocycles. The van der Waals surface area contributed by atoms with Crippen LogP contribution in [0.3, 0.4) is 0 Å². The summed E-state index contributed by atoms with van der Waals surface area (Å²) in [5, 5.41) is 2.58. The van der Waals surface area contributed by atoms with Crippen LogP contribution in [0.2, 0.25) is 0 Å². The van der Waals surface area contributed by atoms with E-state index in [2.05, 4.69) is 19.2 Å². The van der Waals surface area contributed by atoms with Gasteiger partial charge in [-0.25, -0.2) is 17.2 Å². The lowest BCUT2D eigenvalue weighted by molar-refractivity contribution is 0.0906. The van der Waals surface area contributed by atoms with Crippen molar-refractivity contribution in [2.75, 3.05) is 11.0 Å². The molecule has 176 valence electrons. The molecule has 0 aliphatic carbocycles. The van der Waals surface area contributed by atoms with E-state index in [-0.39, 0.29) is 17.3 Å². The second-order valence-electron chi connectivity index (χ2n) is 7.88. The van der Waals surface area contributed by atoms with E-state index in [4.69, 9.17) is 9.15 Å². The summed E-state index contributed by atoms with van der Waals surface area (Å²) in [4.78, 5) is 12.5. The summed E-state index contributed by atoms with van der Waals surface area (Å²) in [6.45, 7) is 5.64. The van der Waals surface area contributed by atoms with Gasteiger partial charge in [0.2, 0.25) is 10.0 Å². The Morgan fingerprint density at radius 1 is 1.00 bits per heavy atom. The van der Waals surface area contributed by atoms with Gasteiger partial charge < -0.3 is 14.5 Å². The lowest BCUT2D eigenvalue weighted by atomic mass is 10.0. The highest BCUT2D eigenvalue weighted by molar-refractivity contribution is 7.92. The Bertz CT molecular complexity index is 1250. The normalized spacial score (nSPS) is 12.5. The standard InChI is InChI=1S/C23H24F2N2O5S/c1-13(2)15-6-5-7-17(10-15)31-21-9-8-20(32-21)23(28)26-14(3)16-11-18(24)22(19(25)12-16)27-33(4,29)30/h5-14,27H,1-4H3,(H,26,28). The zero-order valence-corrected chi connectivity index (χ0v) is 19.3. The van der Waals surface area contributed by atoms with Crippen LogP contribution in [0.5, 0.6) is 11.7 Å². The number of halogens is 2. The quantitative estimate of drug-likeness (QED) is 0.456. The monoisotopic (exact) mass is 478 g/mol. The zero-order valence-electron chi connectivity index (χ0n) is 18.5. The molecule has 0 saturated heterocycles. The summed E-state index contributed by atoms with van der Waals surface area (Å²) in [6.07, 6.45) is 0.783. The van der Waals surface area contributed by atoms with E-state index in [1.54, 1.807) is 10.8 Å². The smallest absolute Gasteiger partial charge is 0.290 e. The second-order valence-corrected chi connectivity index (χ2v) is 9.63. The van der Waals surface area contributed by atoms with Crippen molar-refractivity contribution in [3.8, 4) is 11.7 Å². The molecule has 10 heteroatoms. The molecule has 1 aromatic heterocycles. The Balaban J connectivity index is 1.69. The largest absolute Gasteiger partial charge is 0.426 e. The van der Waals surface area contributed by atoms with E-state index in [1.807, 2.05) is 18.2 Å². The van der Waals surface area contributed by atoms with Crippen LogP contribution in [0, 0.1) is 11.6 Å². The van der Waals surface area contributed by atoms with Crippen LogP contribution in [-0.2, 0) is 10.0 Å². The van der Waals surface area contributed by atoms with Crippen LogP contribution in [-0.4, -0.2) is 20.6 Å². The number of hydrogen-bond donors (Lipinski definition) is 2. The average molecular weight is 479 g/mol. The van der Waals surface area contributed by atoms with Gasteiger partial charge in [-0.3, -0.25) is 9.52 Å². The zero-order chi connectivity index (χ0) is 24.3. The maximum absolute atomic E-state index is 14.2. The summed E-state index contributed by atoms with van der Waals surface area (Å²) in [7, 11) is -3.86. The molecule has 0 fully saturated rings. The number of carbonyl (C=O) groups is 1. The lowest BCUT2D eigenvalue weighted by Crippen LogP contribution is -2.26. The molecule has 33 heavy (non-hydrogen) atoms. The predicted octanol–water partition coefficient (Wildman–Crippen LogP) is 5.34. The van der Waals surface area contributed by atoms with Gasteiger partial charge in [0.15, 0.2) is 17.4 Å². The van der Waals surface area contributed by atoms with Crippen molar-refractivity contribution in [1.29, 1.82) is 0 Å². The summed E-state index contributed by atoms with van der Waals surface area (Å²) in [6, 6.07) is 11.5. The second kappa shape index (κ2) is 9.62. The summed E-state index contributed by atoms with van der Waals surface area (Å²) < 4.78 is 63.9. The molecule has 0 radical (unpaired) electrons. The third-order valence-electron chi connectivity index (χ3n) is 4.75. The molecule has 1 amide bonds. The van der Waals surface area contributed by atoms with Gasteiger partial charge in [-0.2, -0.15) is 0 Å². The van der Waals surface area contributed by atoms with E-state index < -0.39 is 39.3 Å². The van der Waals surface area contributed by atoms with Gasteiger partial charge in [0.1, 0.15) is 11.4 Å². The topological polar surface area (TPSA) is 97.6 Å². The molecule has 1 heterocycles. The molecular weight excluding hydrogens is 454 g/mol. The molecule has 3 aromatic rings. The minimum atomic E-state index is -3.86. The molecular formula is C23H24F2N2O5S. The molecule has 0 saturated carbocycles. The van der Waals surface area contributed by atoms with Gasteiger partial charge in [-0.1, -0.05) is 26.0 Å². The van der Waals surface area contributed by atoms with Crippen LogP contribution in [0.15, 0.2) is 52.9 Å². The van der Waals surface area contributed by atoms with Crippen molar-refractivity contribution in [3.63, 3.8) is 0 Å². The molecule has 2 aromatic carbocycles. The number of furan rings is 1. The molecule has 0 aliphatic rings. The predicted molar refractivity (Wildman–Crippen MR) is 120 cm³/mol. The van der Waals surface area contributed by atoms with Crippen LogP contribution in [0.1, 0.15) is 54.4 Å². The first-order chi connectivity index (χ1) is 15.4. The van der Waals surface area contributed by atoms with Crippen molar-refractivity contribution in [3.05, 3.63) is 77.1 Å². The van der Waals surface area contributed by atoms with E-state index in [1.165, 1.54) is 19.1 Å². The Morgan fingerprint density at radius 3 is 2.27 bits per heavy atom. The van der Waals surface area contributed by atoms with Crippen molar-refractivity contribution in [2.24, 2.45) is 0 Å². The van der Waals surface area contributed by atoms with E-state index >= 15 is 0 Å². The fourth-order valence-electron chi connectivity index (χ4n) is 3.03. The molecule has 2 N–H and O–H groups in total. The summed E-state index contributed by atoms with van der Waals surface area (Å²) in [5.41, 5.74) is 0.406. The Labute approximate surface area is 190 Å². The average Bonchev–Trinajstić information content (AvgIpc) is 3.18. The van der Waals surface area contributed by atoms with Gasteiger partial charge in [0, 0.05) is 6.07 Å². The first-order valence-electron chi connectivity index (χ1n) is 10.1. The van der Waals surface area contributed by atoms with Crippen LogP contribution in [0.25, 0.3) is 0 Å². The minimum Gasteiger partial charge on any atom is -0.426 e. The van der Waals surface area contributed by atoms with Gasteiger partial charge in [0.25, 0.3) is 11.9 Å². The summed E-state index contributed by atoms with van der Waals surface area (Å²) in [5.74, 6) is -1.88. The van der Waals surface area contributed by atoms with Crippen LogP contribution < -0.4 is 14.8 Å². The van der Waals surface area contributed by atoms with Crippen LogP contribution in [0.4, 0.5) is 14.5 Å². The van der Waals surface area contributed by atoms with E-state index in [0.29, 0.717) is 11.7 Å². The number of anilines is 1. The molecule has 1 unspecified atom stereocenters. The maximum Gasteiger partial charge on any atom is 0.290 e. The number of sulfonamides is 1. The van der Waals surface area contributed by atoms with Crippen molar-refractivity contribution >= 4 is 21.6 Å². The first-order valence-corrected chi connectivity index (χ1v) is 12.0. The van der Waals surface area contributed by atoms with Crippen molar-refractivity contribution in [2.45, 2.75) is 32.7 Å². The van der Waals surface area contributed by atoms with Gasteiger partial charge >= 0.3 is 0 Å². The fraction of sp³-hybridized carbons (Fsp3) is 0.261. The third kappa shape index (κ3) is 6.32. The first kappa shape index (κ1) is 24.2. The number of carbonyl (C=O) groups excluding carboxylic acids is 1. The third-order valence-corrected chi connectivity index (χ3v) is 5.32. The molecule has 0 bridgehead atoms. The number of benzene rings is 2. The highest BCUT2D eigenvalue weighted by Gasteiger charge is 2.20. The maximum atomic E-state index is 14.2. The van der Waals surface area contributed by atoms with Crippen LogP contribution >= 0.6 is 0 Å². The molecule has 3 rings (SSSR count). The van der Waals surface area contributed by atoms with Gasteiger partial charge in [-0.15, -0.1) is 0 Å². The fourth-order valence-corrected chi connectivity index (χ4v) is 3.59. The summed E-state index contributed by atoms with van der Waals surface area (Å²) >= 11 is 0. The number of amides is 1. The van der Waals surface area contributed by atoms with Gasteiger partial charge in [0.05, 0.1) is 12.3 Å². The van der Waals surface area contributed by atoms with Gasteiger partial charge in [-0.05, 0) is 54.3 Å². The number of ether oxygens (including phenoxy) is 1. The highest BCUT2D eigenvalue weighted by atomic mass is 32.2. The SMILES string of the molecule is CC(C)c1cccc(Oc2ccc(C(=O)NC(C)c3cc(F)c(NS(C)(=O)=O)c(F)c3)o2)c1. The molecule has 1 atom stereocenters. The van der Waals surface area contributed by atoms with E-state index in [0.717, 1.165) is 24.0 Å². The van der Waals surface area contributed by atoms with E-state index in [9.17, 15) is 22.0 Å². The minimum absolute atomic E-state index is 0.0480. The molecule has 0 spiro atoms. The number of nitrogens with one attached hydrogen (secondary N) is 2. The lowest BCUT2D eigenvalue weighted by Gasteiger charge is -2.15. The molecule has 7 nitrogen and oxygen atoms in total. The van der Waals surface area contributed by atoms with Crippen molar-refractivity contribution in [1.82, 2.24) is 5.32 Å². The highest BCUT2D eigenvalue weighted by Crippen LogP contribution is 2.28. The Kier molecular flexibility index (Phi) is 7.06. The Hall–Kier alpha value is -3.40. The number of rotatable bonds is 8. The number of hydrogen-bond acceptors (Lipinski definition) is 5. The Morgan fingerprint density at radius 2 is 1.67 bits per heavy atom. The van der Waals surface area contributed by atoms with Crippen molar-refractivity contribution < 1.29 is 31.1 Å².